The van der Waals surface area contributed by atoms with E-state index in [4.69, 9.17) is 15.2 Å². The summed E-state index contributed by atoms with van der Waals surface area (Å²) in [4.78, 5) is 4.05. The number of methoxy groups -OCH3 is 2. The number of nitrogens with two attached hydrogens (primary N) is 1. The predicted molar refractivity (Wildman–Crippen MR) is 75.5 cm³/mol. The third-order valence-corrected chi connectivity index (χ3v) is 2.73. The van der Waals surface area contributed by atoms with E-state index in [-0.39, 0.29) is 0 Å². The lowest BCUT2D eigenvalue weighted by Crippen LogP contribution is -2.01. The lowest BCUT2D eigenvalue weighted by Gasteiger charge is -2.10. The van der Waals surface area contributed by atoms with Gasteiger partial charge in [0.2, 0.25) is 5.88 Å². The fourth-order valence-corrected chi connectivity index (χ4v) is 1.73. The molecule has 5 heteroatoms. The Bertz CT molecular complexity index is 558. The maximum Gasteiger partial charge on any atom is 0.214 e. The van der Waals surface area contributed by atoms with E-state index >= 15 is 0 Å². The number of nitrogens with one attached hydrogen (secondary N) is 1. The summed E-state index contributed by atoms with van der Waals surface area (Å²) < 4.78 is 10.2. The first-order chi connectivity index (χ1) is 9.22. The Morgan fingerprint density at radius 1 is 1.16 bits per heavy atom. The molecule has 0 amide bonds. The van der Waals surface area contributed by atoms with Gasteiger partial charge in [0.15, 0.2) is 0 Å². The second-order valence-electron chi connectivity index (χ2n) is 4.02. The Balaban J connectivity index is 2.03. The van der Waals surface area contributed by atoms with Crippen LogP contribution in [0.3, 0.4) is 0 Å². The van der Waals surface area contributed by atoms with Gasteiger partial charge in [0.1, 0.15) is 5.75 Å². The quantitative estimate of drug-likeness (QED) is 0.806. The van der Waals surface area contributed by atoms with Crippen LogP contribution in [0.2, 0.25) is 0 Å². The molecule has 0 unspecified atom stereocenters. The van der Waals surface area contributed by atoms with E-state index < -0.39 is 0 Å². The summed E-state index contributed by atoms with van der Waals surface area (Å²) in [6, 6.07) is 9.45. The molecular formula is C14H17N3O2. The molecule has 0 aliphatic heterocycles. The van der Waals surface area contributed by atoms with Crippen molar-refractivity contribution in [2.24, 2.45) is 0 Å². The van der Waals surface area contributed by atoms with E-state index in [0.717, 1.165) is 11.3 Å². The molecule has 0 aliphatic carbocycles. The van der Waals surface area contributed by atoms with Crippen molar-refractivity contribution in [2.45, 2.75) is 6.54 Å². The number of anilines is 2. The van der Waals surface area contributed by atoms with Gasteiger partial charge in [-0.1, -0.05) is 6.07 Å². The molecule has 0 atom stereocenters. The smallest absolute Gasteiger partial charge is 0.214 e. The standard InChI is InChI=1S/C14H17N3O2/c1-18-13-4-3-10(7-12(13)15)9-17-11-5-6-16-14(8-11)19-2/h3-8H,9,15H2,1-2H3,(H,16,17). The first-order valence-electron chi connectivity index (χ1n) is 5.89. The molecule has 100 valence electrons. The summed E-state index contributed by atoms with van der Waals surface area (Å²) in [6.45, 7) is 0.668. The van der Waals surface area contributed by atoms with Crippen LogP contribution in [-0.4, -0.2) is 19.2 Å². The molecule has 0 bridgehead atoms. The molecule has 0 fully saturated rings. The van der Waals surface area contributed by atoms with Crippen LogP contribution in [0.1, 0.15) is 5.56 Å². The molecule has 0 radical (unpaired) electrons. The van der Waals surface area contributed by atoms with E-state index in [0.29, 0.717) is 23.9 Å². The van der Waals surface area contributed by atoms with E-state index in [1.54, 1.807) is 20.4 Å². The minimum Gasteiger partial charge on any atom is -0.495 e. The summed E-state index contributed by atoms with van der Waals surface area (Å²) in [7, 11) is 3.20. The minimum absolute atomic E-state index is 0.583. The van der Waals surface area contributed by atoms with Gasteiger partial charge < -0.3 is 20.5 Å². The molecule has 1 aromatic carbocycles. The average Bonchev–Trinajstić information content (AvgIpc) is 2.45. The second kappa shape index (κ2) is 5.95. The molecular weight excluding hydrogens is 242 g/mol. The number of hydrogen-bond donors (Lipinski definition) is 2. The van der Waals surface area contributed by atoms with E-state index in [1.807, 2.05) is 30.3 Å². The number of hydrogen-bond acceptors (Lipinski definition) is 5. The van der Waals surface area contributed by atoms with E-state index in [2.05, 4.69) is 10.3 Å². The number of rotatable bonds is 5. The Morgan fingerprint density at radius 2 is 2.00 bits per heavy atom. The predicted octanol–water partition coefficient (Wildman–Crippen LogP) is 2.29. The molecule has 1 aromatic heterocycles. The van der Waals surface area contributed by atoms with Crippen molar-refractivity contribution in [3.63, 3.8) is 0 Å². The van der Waals surface area contributed by atoms with Gasteiger partial charge >= 0.3 is 0 Å². The summed E-state index contributed by atoms with van der Waals surface area (Å²) in [5.41, 5.74) is 8.52. The number of benzene rings is 1. The number of ether oxygens (including phenoxy) is 2. The van der Waals surface area contributed by atoms with Crippen molar-refractivity contribution in [1.82, 2.24) is 4.98 Å². The minimum atomic E-state index is 0.583. The van der Waals surface area contributed by atoms with Crippen molar-refractivity contribution in [3.8, 4) is 11.6 Å². The highest BCUT2D eigenvalue weighted by Crippen LogP contribution is 2.22. The third kappa shape index (κ3) is 3.28. The Labute approximate surface area is 112 Å². The number of pyridine rings is 1. The first kappa shape index (κ1) is 13.0. The number of nitrogens with zero attached hydrogens (tertiary/aromatic N) is 1. The molecule has 5 nitrogen and oxygen atoms in total. The van der Waals surface area contributed by atoms with Crippen molar-refractivity contribution in [2.75, 3.05) is 25.3 Å². The van der Waals surface area contributed by atoms with Crippen LogP contribution < -0.4 is 20.5 Å². The monoisotopic (exact) mass is 259 g/mol. The second-order valence-corrected chi connectivity index (χ2v) is 4.02. The highest BCUT2D eigenvalue weighted by molar-refractivity contribution is 5.55. The van der Waals surface area contributed by atoms with Crippen LogP contribution in [0.25, 0.3) is 0 Å². The number of nitrogen functional groups attached to an aromatic ring is 1. The molecule has 2 aromatic rings. The van der Waals surface area contributed by atoms with Crippen molar-refractivity contribution >= 4 is 11.4 Å². The zero-order valence-corrected chi connectivity index (χ0v) is 11.0. The molecule has 3 N–H and O–H groups in total. The Kier molecular flexibility index (Phi) is 4.07. The molecule has 0 saturated heterocycles. The fraction of sp³-hybridized carbons (Fsp3) is 0.214. The maximum absolute atomic E-state index is 5.86. The van der Waals surface area contributed by atoms with Crippen LogP contribution in [0.15, 0.2) is 36.5 Å². The van der Waals surface area contributed by atoms with Gasteiger partial charge in [0, 0.05) is 24.5 Å². The zero-order valence-electron chi connectivity index (χ0n) is 11.0. The first-order valence-corrected chi connectivity index (χ1v) is 5.89. The molecule has 0 spiro atoms. The molecule has 2 rings (SSSR count). The van der Waals surface area contributed by atoms with Gasteiger partial charge in [0.05, 0.1) is 19.9 Å². The number of aromatic nitrogens is 1. The van der Waals surface area contributed by atoms with Gasteiger partial charge in [0.25, 0.3) is 0 Å². The van der Waals surface area contributed by atoms with Gasteiger partial charge in [-0.3, -0.25) is 0 Å². The van der Waals surface area contributed by atoms with E-state index in [1.165, 1.54) is 0 Å². The molecule has 19 heavy (non-hydrogen) atoms. The third-order valence-electron chi connectivity index (χ3n) is 2.73. The summed E-state index contributed by atoms with van der Waals surface area (Å²) in [5.74, 6) is 1.27. The average molecular weight is 259 g/mol. The highest BCUT2D eigenvalue weighted by atomic mass is 16.5. The lowest BCUT2D eigenvalue weighted by molar-refractivity contribution is 0.398. The summed E-state index contributed by atoms with van der Waals surface area (Å²) in [5, 5.41) is 3.28. The Morgan fingerprint density at radius 3 is 2.68 bits per heavy atom. The topological polar surface area (TPSA) is 69.4 Å². The largest absolute Gasteiger partial charge is 0.495 e. The zero-order chi connectivity index (χ0) is 13.7. The molecule has 1 heterocycles. The van der Waals surface area contributed by atoms with Crippen molar-refractivity contribution in [3.05, 3.63) is 42.1 Å². The SMILES string of the molecule is COc1cc(NCc2ccc(OC)c(N)c2)ccn1. The van der Waals surface area contributed by atoms with Gasteiger partial charge in [-0.15, -0.1) is 0 Å². The van der Waals surface area contributed by atoms with Crippen LogP contribution in [-0.2, 0) is 6.54 Å². The summed E-state index contributed by atoms with van der Waals surface area (Å²) in [6.07, 6.45) is 1.70. The van der Waals surface area contributed by atoms with E-state index in [9.17, 15) is 0 Å². The highest BCUT2D eigenvalue weighted by Gasteiger charge is 2.01. The molecule has 0 aliphatic rings. The van der Waals surface area contributed by atoms with Crippen LogP contribution >= 0.6 is 0 Å². The van der Waals surface area contributed by atoms with Crippen LogP contribution in [0.4, 0.5) is 11.4 Å². The normalized spacial score (nSPS) is 10.0. The lowest BCUT2D eigenvalue weighted by atomic mass is 10.2. The summed E-state index contributed by atoms with van der Waals surface area (Å²) >= 11 is 0. The van der Waals surface area contributed by atoms with Gasteiger partial charge in [-0.05, 0) is 23.8 Å². The molecule has 0 saturated carbocycles. The van der Waals surface area contributed by atoms with Crippen LogP contribution in [0.5, 0.6) is 11.6 Å². The van der Waals surface area contributed by atoms with Crippen molar-refractivity contribution < 1.29 is 9.47 Å². The van der Waals surface area contributed by atoms with Crippen LogP contribution in [0, 0.1) is 0 Å². The maximum atomic E-state index is 5.86. The van der Waals surface area contributed by atoms with Gasteiger partial charge in [-0.2, -0.15) is 0 Å². The Hall–Kier alpha value is -2.43. The fourth-order valence-electron chi connectivity index (χ4n) is 1.73. The van der Waals surface area contributed by atoms with Crippen molar-refractivity contribution in [1.29, 1.82) is 0 Å². The van der Waals surface area contributed by atoms with Gasteiger partial charge in [-0.25, -0.2) is 4.98 Å².